The Kier molecular flexibility index (Phi) is 5.38. The molecule has 0 spiro atoms. The van der Waals surface area contributed by atoms with Gasteiger partial charge in [-0.1, -0.05) is 32.9 Å². The summed E-state index contributed by atoms with van der Waals surface area (Å²) in [6.45, 7) is 9.09. The monoisotopic (exact) mass is 397 g/mol. The molecule has 29 heavy (non-hydrogen) atoms. The summed E-state index contributed by atoms with van der Waals surface area (Å²) in [6, 6.07) is 7.97. The van der Waals surface area contributed by atoms with Gasteiger partial charge in [0.05, 0.1) is 37.2 Å². The van der Waals surface area contributed by atoms with Crippen molar-refractivity contribution in [2.24, 2.45) is 5.41 Å². The smallest absolute Gasteiger partial charge is 0.242 e. The number of benzene rings is 1. The van der Waals surface area contributed by atoms with Crippen LogP contribution < -0.4 is 10.2 Å². The Hall–Kier alpha value is -2.34. The number of ether oxygens (including phenoxy) is 1. The van der Waals surface area contributed by atoms with Crippen LogP contribution in [0.1, 0.15) is 40.0 Å². The molecule has 1 saturated heterocycles. The normalized spacial score (nSPS) is 23.8. The van der Waals surface area contributed by atoms with Crippen LogP contribution >= 0.6 is 0 Å². The van der Waals surface area contributed by atoms with Crippen molar-refractivity contribution < 1.29 is 14.3 Å². The molecule has 1 aromatic rings. The van der Waals surface area contributed by atoms with Gasteiger partial charge in [-0.15, -0.1) is 0 Å². The number of carbonyl (C=O) groups is 2. The first-order valence-electron chi connectivity index (χ1n) is 10.6. The van der Waals surface area contributed by atoms with Crippen LogP contribution in [-0.4, -0.2) is 55.5 Å². The van der Waals surface area contributed by atoms with Gasteiger partial charge in [-0.2, -0.15) is 0 Å². The lowest BCUT2D eigenvalue weighted by Crippen LogP contribution is -2.49. The molecule has 1 aromatic carbocycles. The molecular weight excluding hydrogens is 366 g/mol. The first-order valence-corrected chi connectivity index (χ1v) is 10.6. The zero-order valence-corrected chi connectivity index (χ0v) is 17.7. The van der Waals surface area contributed by atoms with E-state index in [4.69, 9.17) is 4.74 Å². The second-order valence-corrected chi connectivity index (χ2v) is 9.02. The van der Waals surface area contributed by atoms with Crippen LogP contribution in [0.2, 0.25) is 0 Å². The number of morpholine rings is 1. The highest BCUT2D eigenvalue weighted by molar-refractivity contribution is 6.01. The summed E-state index contributed by atoms with van der Waals surface area (Å²) in [7, 11) is 0. The highest BCUT2D eigenvalue weighted by atomic mass is 16.5. The maximum atomic E-state index is 13.2. The molecule has 156 valence electrons. The van der Waals surface area contributed by atoms with Crippen LogP contribution in [0.25, 0.3) is 0 Å². The molecule has 1 fully saturated rings. The number of nitrogens with one attached hydrogen (secondary N) is 1. The molecule has 3 aliphatic rings. The molecule has 1 N–H and O–H groups in total. The number of para-hydroxylation sites is 2. The number of hydrogen-bond acceptors (Lipinski definition) is 5. The van der Waals surface area contributed by atoms with Gasteiger partial charge in [0.1, 0.15) is 0 Å². The minimum Gasteiger partial charge on any atom is -0.378 e. The van der Waals surface area contributed by atoms with Crippen molar-refractivity contribution in [3.63, 3.8) is 0 Å². The summed E-state index contributed by atoms with van der Waals surface area (Å²) in [5, 5.41) is 3.57. The number of nitrogens with zero attached hydrogens (tertiary/aromatic N) is 2. The van der Waals surface area contributed by atoms with E-state index in [0.29, 0.717) is 32.7 Å². The van der Waals surface area contributed by atoms with Crippen LogP contribution in [0.15, 0.2) is 35.5 Å². The van der Waals surface area contributed by atoms with E-state index in [9.17, 15) is 9.59 Å². The third kappa shape index (κ3) is 3.90. The number of allylic oxidation sites excluding steroid dienone is 1. The van der Waals surface area contributed by atoms with Crippen LogP contribution in [0.4, 0.5) is 11.4 Å². The van der Waals surface area contributed by atoms with Gasteiger partial charge in [-0.05, 0) is 30.4 Å². The number of carbonyl (C=O) groups excluding carboxylic acids is 2. The number of rotatable bonds is 3. The van der Waals surface area contributed by atoms with Crippen LogP contribution in [0.3, 0.4) is 0 Å². The fourth-order valence-corrected chi connectivity index (χ4v) is 4.83. The molecule has 1 aliphatic carbocycles. The van der Waals surface area contributed by atoms with Gasteiger partial charge in [0.25, 0.3) is 0 Å². The zero-order valence-electron chi connectivity index (χ0n) is 17.7. The third-order valence-corrected chi connectivity index (χ3v) is 6.18. The van der Waals surface area contributed by atoms with E-state index in [1.54, 1.807) is 0 Å². The van der Waals surface area contributed by atoms with E-state index >= 15 is 0 Å². The SMILES string of the molecule is CC[C@@H]1C2=C(CC(C)(C)CC2=O)Nc2ccccc2N1CC(=O)N1CCOCC1. The average Bonchev–Trinajstić information content (AvgIpc) is 2.82. The quantitative estimate of drug-likeness (QED) is 0.849. The summed E-state index contributed by atoms with van der Waals surface area (Å²) in [5.74, 6) is 0.293. The fraction of sp³-hybridized carbons (Fsp3) is 0.565. The van der Waals surface area contributed by atoms with E-state index in [0.717, 1.165) is 35.5 Å². The Balaban J connectivity index is 1.73. The van der Waals surface area contributed by atoms with Crippen molar-refractivity contribution in [2.45, 2.75) is 46.1 Å². The third-order valence-electron chi connectivity index (χ3n) is 6.18. The molecule has 2 heterocycles. The summed E-state index contributed by atoms with van der Waals surface area (Å²) in [6.07, 6.45) is 2.16. The van der Waals surface area contributed by atoms with Crippen LogP contribution in [0.5, 0.6) is 0 Å². The highest BCUT2D eigenvalue weighted by Crippen LogP contribution is 2.44. The number of Topliss-reactive ketones (excluding diaryl/α,β-unsaturated/α-hetero) is 1. The molecule has 0 radical (unpaired) electrons. The Bertz CT molecular complexity index is 840. The minimum atomic E-state index is -0.102. The Morgan fingerprint density at radius 2 is 1.93 bits per heavy atom. The first kappa shape index (κ1) is 20.0. The molecule has 0 aromatic heterocycles. The van der Waals surface area contributed by atoms with Crippen molar-refractivity contribution in [3.05, 3.63) is 35.5 Å². The number of hydrogen-bond donors (Lipinski definition) is 1. The molecule has 6 heteroatoms. The molecule has 0 unspecified atom stereocenters. The second kappa shape index (κ2) is 7.82. The van der Waals surface area contributed by atoms with Crippen LogP contribution in [-0.2, 0) is 14.3 Å². The van der Waals surface area contributed by atoms with Gasteiger partial charge in [-0.3, -0.25) is 9.59 Å². The van der Waals surface area contributed by atoms with Gasteiger partial charge in [-0.25, -0.2) is 0 Å². The van der Waals surface area contributed by atoms with Crippen molar-refractivity contribution >= 4 is 23.1 Å². The average molecular weight is 398 g/mol. The fourth-order valence-electron chi connectivity index (χ4n) is 4.83. The Morgan fingerprint density at radius 1 is 1.21 bits per heavy atom. The second-order valence-electron chi connectivity index (χ2n) is 9.02. The Labute approximate surface area is 172 Å². The van der Waals surface area contributed by atoms with Crippen molar-refractivity contribution in [2.75, 3.05) is 43.1 Å². The zero-order chi connectivity index (χ0) is 20.6. The van der Waals surface area contributed by atoms with Crippen molar-refractivity contribution in [1.82, 2.24) is 4.90 Å². The molecule has 1 amide bonds. The summed E-state index contributed by atoms with van der Waals surface area (Å²) < 4.78 is 5.39. The van der Waals surface area contributed by atoms with E-state index in [-0.39, 0.29) is 29.7 Å². The minimum absolute atomic E-state index is 0.0606. The van der Waals surface area contributed by atoms with Gasteiger partial charge in [0.2, 0.25) is 5.91 Å². The summed E-state index contributed by atoms with van der Waals surface area (Å²) >= 11 is 0. The number of amides is 1. The summed E-state index contributed by atoms with van der Waals surface area (Å²) in [5.41, 5.74) is 3.77. The molecule has 2 aliphatic heterocycles. The predicted molar refractivity (Wildman–Crippen MR) is 114 cm³/mol. The lowest BCUT2D eigenvalue weighted by molar-refractivity contribution is -0.133. The maximum absolute atomic E-state index is 13.2. The van der Waals surface area contributed by atoms with E-state index in [1.807, 2.05) is 29.2 Å². The maximum Gasteiger partial charge on any atom is 0.242 e. The van der Waals surface area contributed by atoms with E-state index < -0.39 is 0 Å². The first-order chi connectivity index (χ1) is 13.9. The molecule has 0 saturated carbocycles. The molecule has 1 atom stereocenters. The highest BCUT2D eigenvalue weighted by Gasteiger charge is 2.40. The van der Waals surface area contributed by atoms with Crippen molar-refractivity contribution in [1.29, 1.82) is 0 Å². The lowest BCUT2D eigenvalue weighted by Gasteiger charge is -2.38. The largest absolute Gasteiger partial charge is 0.378 e. The van der Waals surface area contributed by atoms with Crippen molar-refractivity contribution in [3.8, 4) is 0 Å². The molecule has 6 nitrogen and oxygen atoms in total. The van der Waals surface area contributed by atoms with Gasteiger partial charge < -0.3 is 19.9 Å². The van der Waals surface area contributed by atoms with Gasteiger partial charge in [0, 0.05) is 30.8 Å². The number of anilines is 2. The van der Waals surface area contributed by atoms with Crippen LogP contribution in [0, 0.1) is 5.41 Å². The lowest BCUT2D eigenvalue weighted by atomic mass is 9.74. The van der Waals surface area contributed by atoms with Gasteiger partial charge in [0.15, 0.2) is 5.78 Å². The van der Waals surface area contributed by atoms with Gasteiger partial charge >= 0.3 is 0 Å². The number of fused-ring (bicyclic) bond motifs is 1. The van der Waals surface area contributed by atoms with E-state index in [1.165, 1.54) is 0 Å². The predicted octanol–water partition coefficient (Wildman–Crippen LogP) is 3.20. The molecular formula is C23H31N3O3. The molecule has 4 rings (SSSR count). The molecule has 0 bridgehead atoms. The summed E-state index contributed by atoms with van der Waals surface area (Å²) in [4.78, 5) is 30.3. The topological polar surface area (TPSA) is 61.9 Å². The number of ketones is 1. The Morgan fingerprint density at radius 3 is 2.66 bits per heavy atom. The standard InChI is InChI=1S/C23H31N3O3/c1-4-18-22-17(13-23(2,3)14-20(22)27)24-16-7-5-6-8-19(16)26(18)15-21(28)25-9-11-29-12-10-25/h5-8,18,24H,4,9-15H2,1-3H3/t18-/m1/s1. The van der Waals surface area contributed by atoms with E-state index in [2.05, 4.69) is 31.0 Å².